The van der Waals surface area contributed by atoms with Gasteiger partial charge in [0.1, 0.15) is 5.75 Å². The van der Waals surface area contributed by atoms with E-state index in [1.165, 1.54) is 0 Å². The lowest BCUT2D eigenvalue weighted by molar-refractivity contribution is -0.0493. The topological polar surface area (TPSA) is 21.3 Å². The lowest BCUT2D eigenvalue weighted by atomic mass is 10.1. The summed E-state index contributed by atoms with van der Waals surface area (Å²) in [5.74, 6) is 1.32. The van der Waals surface area contributed by atoms with Crippen molar-refractivity contribution in [2.75, 3.05) is 11.1 Å². The van der Waals surface area contributed by atoms with Crippen molar-refractivity contribution in [1.29, 1.82) is 0 Å². The van der Waals surface area contributed by atoms with Gasteiger partial charge in [-0.25, -0.2) is 0 Å². The van der Waals surface area contributed by atoms with Crippen LogP contribution in [0.5, 0.6) is 5.75 Å². The Bertz CT molecular complexity index is 375. The van der Waals surface area contributed by atoms with Crippen LogP contribution < -0.4 is 10.1 Å². The monoisotopic (exact) mass is 259 g/mol. The fourth-order valence-corrected chi connectivity index (χ4v) is 3.10. The maximum absolute atomic E-state index is 12.2. The zero-order valence-electron chi connectivity index (χ0n) is 9.53. The third-order valence-corrected chi connectivity index (χ3v) is 4.15. The Balaban J connectivity index is 2.09. The summed E-state index contributed by atoms with van der Waals surface area (Å²) in [6.07, 6.45) is 1.05. The maximum atomic E-state index is 12.2. The molecule has 94 valence electrons. The van der Waals surface area contributed by atoms with Gasteiger partial charge in [-0.05, 0) is 24.3 Å². The van der Waals surface area contributed by atoms with Crippen molar-refractivity contribution in [1.82, 2.24) is 0 Å². The average molecular weight is 259 g/mol. The van der Waals surface area contributed by atoms with E-state index < -0.39 is 6.61 Å². The fraction of sp³-hybridized carbons (Fsp3) is 0.500. The molecule has 5 heteroatoms. The molecule has 0 aromatic heterocycles. The predicted octanol–water partition coefficient (Wildman–Crippen LogP) is 3.59. The molecule has 0 aliphatic carbocycles. The highest BCUT2D eigenvalue weighted by atomic mass is 32.2. The van der Waals surface area contributed by atoms with Gasteiger partial charge in [0.2, 0.25) is 0 Å². The Labute approximate surface area is 104 Å². The second-order valence-electron chi connectivity index (χ2n) is 3.99. The lowest BCUT2D eigenvalue weighted by Crippen LogP contribution is -2.25. The number of thioether (sulfide) groups is 1. The van der Waals surface area contributed by atoms with Gasteiger partial charge < -0.3 is 10.1 Å². The molecule has 1 N–H and O–H groups in total. The van der Waals surface area contributed by atoms with Crippen molar-refractivity contribution >= 4 is 17.4 Å². The van der Waals surface area contributed by atoms with Crippen LogP contribution in [0, 0.1) is 0 Å². The van der Waals surface area contributed by atoms with Crippen molar-refractivity contribution in [2.24, 2.45) is 0 Å². The van der Waals surface area contributed by atoms with E-state index in [9.17, 15) is 8.78 Å². The fourth-order valence-electron chi connectivity index (χ4n) is 1.91. The van der Waals surface area contributed by atoms with Crippen LogP contribution in [-0.2, 0) is 0 Å². The largest absolute Gasteiger partial charge is 0.433 e. The molecule has 1 aliphatic heterocycles. The molecule has 0 bridgehead atoms. The van der Waals surface area contributed by atoms with E-state index in [1.54, 1.807) is 18.2 Å². The van der Waals surface area contributed by atoms with Gasteiger partial charge in [0, 0.05) is 11.3 Å². The van der Waals surface area contributed by atoms with Crippen LogP contribution in [0.4, 0.5) is 14.5 Å². The van der Waals surface area contributed by atoms with Gasteiger partial charge in [-0.1, -0.05) is 19.1 Å². The standard InChI is InChI=1S/C12H15F2NOS/c1-8-9(6-7-17-8)15-10-4-2-3-5-11(10)16-12(13)14/h2-5,8-9,12,15H,6-7H2,1H3. The van der Waals surface area contributed by atoms with Crippen LogP contribution in [-0.4, -0.2) is 23.7 Å². The minimum atomic E-state index is -2.78. The molecule has 0 spiro atoms. The van der Waals surface area contributed by atoms with E-state index in [-0.39, 0.29) is 5.75 Å². The van der Waals surface area contributed by atoms with Gasteiger partial charge in [0.15, 0.2) is 0 Å². The van der Waals surface area contributed by atoms with Crippen molar-refractivity contribution in [3.05, 3.63) is 24.3 Å². The zero-order valence-corrected chi connectivity index (χ0v) is 10.3. The first-order chi connectivity index (χ1) is 8.16. The summed E-state index contributed by atoms with van der Waals surface area (Å²) >= 11 is 1.89. The molecule has 0 amide bonds. The predicted molar refractivity (Wildman–Crippen MR) is 67.0 cm³/mol. The number of hydrogen-bond acceptors (Lipinski definition) is 3. The van der Waals surface area contributed by atoms with E-state index in [0.717, 1.165) is 12.2 Å². The van der Waals surface area contributed by atoms with Gasteiger partial charge in [0.25, 0.3) is 0 Å². The Morgan fingerprint density at radius 2 is 2.18 bits per heavy atom. The first-order valence-electron chi connectivity index (χ1n) is 5.59. The van der Waals surface area contributed by atoms with Crippen LogP contribution >= 0.6 is 11.8 Å². The number of halogens is 2. The minimum absolute atomic E-state index is 0.214. The average Bonchev–Trinajstić information content (AvgIpc) is 2.67. The molecular formula is C12H15F2NOS. The third kappa shape index (κ3) is 3.25. The van der Waals surface area contributed by atoms with Crippen molar-refractivity contribution < 1.29 is 13.5 Å². The second kappa shape index (κ2) is 5.58. The first kappa shape index (κ1) is 12.5. The van der Waals surface area contributed by atoms with Gasteiger partial charge in [-0.3, -0.25) is 0 Å². The number of alkyl halides is 2. The highest BCUT2D eigenvalue weighted by molar-refractivity contribution is 8.00. The summed E-state index contributed by atoms with van der Waals surface area (Å²) in [5.41, 5.74) is 0.646. The van der Waals surface area contributed by atoms with E-state index in [4.69, 9.17) is 0 Å². The Kier molecular flexibility index (Phi) is 4.10. The van der Waals surface area contributed by atoms with E-state index >= 15 is 0 Å². The lowest BCUT2D eigenvalue weighted by Gasteiger charge is -2.20. The summed E-state index contributed by atoms with van der Waals surface area (Å²) in [4.78, 5) is 0. The molecule has 17 heavy (non-hydrogen) atoms. The maximum Gasteiger partial charge on any atom is 0.387 e. The second-order valence-corrected chi connectivity index (χ2v) is 5.48. The van der Waals surface area contributed by atoms with Crippen LogP contribution in [0.25, 0.3) is 0 Å². The zero-order chi connectivity index (χ0) is 12.3. The van der Waals surface area contributed by atoms with Crippen LogP contribution in [0.2, 0.25) is 0 Å². The summed E-state index contributed by atoms with van der Waals surface area (Å²) in [6, 6.07) is 7.15. The van der Waals surface area contributed by atoms with Crippen molar-refractivity contribution in [2.45, 2.75) is 31.2 Å². The van der Waals surface area contributed by atoms with E-state index in [1.807, 2.05) is 17.8 Å². The van der Waals surface area contributed by atoms with Gasteiger partial charge >= 0.3 is 6.61 Å². The number of anilines is 1. The molecule has 2 unspecified atom stereocenters. The number of ether oxygens (including phenoxy) is 1. The summed E-state index contributed by atoms with van der Waals surface area (Å²) in [5, 5.41) is 3.78. The van der Waals surface area contributed by atoms with Gasteiger partial charge in [-0.2, -0.15) is 20.5 Å². The summed E-state index contributed by atoms with van der Waals surface area (Å²) in [7, 11) is 0. The molecule has 1 aromatic carbocycles. The number of benzene rings is 1. The van der Waals surface area contributed by atoms with Gasteiger partial charge in [-0.15, -0.1) is 0 Å². The number of para-hydroxylation sites is 2. The van der Waals surface area contributed by atoms with E-state index in [2.05, 4.69) is 17.0 Å². The quantitative estimate of drug-likeness (QED) is 0.892. The molecule has 1 aromatic rings. The van der Waals surface area contributed by atoms with E-state index in [0.29, 0.717) is 17.0 Å². The number of hydrogen-bond donors (Lipinski definition) is 1. The minimum Gasteiger partial charge on any atom is -0.433 e. The number of nitrogens with one attached hydrogen (secondary N) is 1. The molecule has 2 rings (SSSR count). The highest BCUT2D eigenvalue weighted by Crippen LogP contribution is 2.32. The van der Waals surface area contributed by atoms with Crippen LogP contribution in [0.3, 0.4) is 0 Å². The SMILES string of the molecule is CC1SCCC1Nc1ccccc1OC(F)F. The van der Waals surface area contributed by atoms with Crippen LogP contribution in [0.1, 0.15) is 13.3 Å². The normalized spacial score (nSPS) is 24.0. The smallest absolute Gasteiger partial charge is 0.387 e. The molecule has 0 saturated carbocycles. The number of rotatable bonds is 4. The summed E-state index contributed by atoms with van der Waals surface area (Å²) in [6.45, 7) is -0.639. The Morgan fingerprint density at radius 3 is 2.82 bits per heavy atom. The van der Waals surface area contributed by atoms with Crippen molar-refractivity contribution in [3.8, 4) is 5.75 Å². The third-order valence-electron chi connectivity index (χ3n) is 2.82. The first-order valence-corrected chi connectivity index (χ1v) is 6.63. The van der Waals surface area contributed by atoms with Crippen LogP contribution in [0.15, 0.2) is 24.3 Å². The molecule has 2 nitrogen and oxygen atoms in total. The molecular weight excluding hydrogens is 244 g/mol. The van der Waals surface area contributed by atoms with Crippen molar-refractivity contribution in [3.63, 3.8) is 0 Å². The molecule has 1 fully saturated rings. The molecule has 1 saturated heterocycles. The molecule has 1 heterocycles. The molecule has 0 radical (unpaired) electrons. The Morgan fingerprint density at radius 1 is 1.41 bits per heavy atom. The molecule has 1 aliphatic rings. The summed E-state index contributed by atoms with van der Waals surface area (Å²) < 4.78 is 29.0. The molecule has 2 atom stereocenters. The van der Waals surface area contributed by atoms with Gasteiger partial charge in [0.05, 0.1) is 5.69 Å². The highest BCUT2D eigenvalue weighted by Gasteiger charge is 2.24. The Hall–Kier alpha value is -0.970.